The van der Waals surface area contributed by atoms with Crippen molar-refractivity contribution < 1.29 is 18.7 Å². The molecule has 8 heteroatoms. The van der Waals surface area contributed by atoms with Gasteiger partial charge in [0.05, 0.1) is 12.1 Å². The predicted octanol–water partition coefficient (Wildman–Crippen LogP) is 1.79. The summed E-state index contributed by atoms with van der Waals surface area (Å²) in [6.07, 6.45) is 3.51. The highest BCUT2D eigenvalue weighted by molar-refractivity contribution is 5.79. The number of likely N-dealkylation sites (tertiary alicyclic amines) is 2. The van der Waals surface area contributed by atoms with Gasteiger partial charge in [-0.1, -0.05) is 12.1 Å². The number of hydrogen-bond donors (Lipinski definition) is 1. The second-order valence-corrected chi connectivity index (χ2v) is 8.25. The zero-order valence-electron chi connectivity index (χ0n) is 16.4. The third-order valence-corrected chi connectivity index (χ3v) is 6.28. The molecule has 0 aliphatic carbocycles. The first-order valence-corrected chi connectivity index (χ1v) is 10.4. The molecule has 29 heavy (non-hydrogen) atoms. The van der Waals surface area contributed by atoms with Gasteiger partial charge in [0.1, 0.15) is 12.1 Å². The van der Waals surface area contributed by atoms with Crippen LogP contribution in [-0.4, -0.2) is 71.7 Å². The Morgan fingerprint density at radius 2 is 1.93 bits per heavy atom. The standard InChI is InChI=1S/C21H26N4O4/c26-19-13-28-17-7-10-25(12-16(17)22-19)21(27)24-8-5-14(6-9-24)11-20-23-15-3-1-2-4-18(15)29-20/h1-4,14,16-17H,5-13H2,(H,22,26). The molecule has 3 aliphatic rings. The molecule has 0 radical (unpaired) electrons. The van der Waals surface area contributed by atoms with Crippen LogP contribution in [0.1, 0.15) is 25.2 Å². The van der Waals surface area contributed by atoms with Crippen LogP contribution in [0, 0.1) is 5.92 Å². The lowest BCUT2D eigenvalue weighted by atomic mass is 9.93. The van der Waals surface area contributed by atoms with Crippen LogP contribution in [0.2, 0.25) is 0 Å². The lowest BCUT2D eigenvalue weighted by molar-refractivity contribution is -0.139. The number of nitrogens with one attached hydrogen (secondary N) is 1. The van der Waals surface area contributed by atoms with E-state index in [1.807, 2.05) is 34.1 Å². The number of urea groups is 1. The maximum atomic E-state index is 13.0. The van der Waals surface area contributed by atoms with E-state index in [9.17, 15) is 9.59 Å². The van der Waals surface area contributed by atoms with Crippen molar-refractivity contribution in [2.24, 2.45) is 5.92 Å². The maximum Gasteiger partial charge on any atom is 0.320 e. The molecule has 1 aromatic heterocycles. The lowest BCUT2D eigenvalue weighted by Crippen LogP contribution is -2.62. The third kappa shape index (κ3) is 3.81. The second-order valence-electron chi connectivity index (χ2n) is 8.25. The molecule has 3 amide bonds. The molecule has 1 aromatic carbocycles. The minimum atomic E-state index is -0.0967. The number of para-hydroxylation sites is 2. The molecule has 5 rings (SSSR count). The highest BCUT2D eigenvalue weighted by atomic mass is 16.5. The molecule has 154 valence electrons. The van der Waals surface area contributed by atoms with Gasteiger partial charge in [0.25, 0.3) is 0 Å². The average molecular weight is 398 g/mol. The lowest BCUT2D eigenvalue weighted by Gasteiger charge is -2.43. The number of hydrogen-bond acceptors (Lipinski definition) is 5. The summed E-state index contributed by atoms with van der Waals surface area (Å²) in [5.41, 5.74) is 1.73. The van der Waals surface area contributed by atoms with Gasteiger partial charge in [-0.3, -0.25) is 4.79 Å². The first-order valence-electron chi connectivity index (χ1n) is 10.4. The molecular formula is C21H26N4O4. The largest absolute Gasteiger partial charge is 0.441 e. The minimum absolute atomic E-state index is 0.0267. The number of benzene rings is 1. The SMILES string of the molecule is O=C1COC2CCN(C(=O)N3CCC(Cc4nc5ccccc5o4)CC3)CC2N1. The van der Waals surface area contributed by atoms with E-state index in [1.54, 1.807) is 0 Å². The summed E-state index contributed by atoms with van der Waals surface area (Å²) in [4.78, 5) is 32.9. The quantitative estimate of drug-likeness (QED) is 0.833. The molecule has 2 aromatic rings. The van der Waals surface area contributed by atoms with Crippen molar-refractivity contribution in [1.29, 1.82) is 0 Å². The summed E-state index contributed by atoms with van der Waals surface area (Å²) in [6, 6.07) is 7.80. The molecule has 1 N–H and O–H groups in total. The molecule has 0 saturated carbocycles. The van der Waals surface area contributed by atoms with E-state index in [-0.39, 0.29) is 30.7 Å². The first-order chi connectivity index (χ1) is 14.2. The van der Waals surface area contributed by atoms with Crippen LogP contribution < -0.4 is 5.32 Å². The van der Waals surface area contributed by atoms with E-state index in [4.69, 9.17) is 9.15 Å². The summed E-state index contributed by atoms with van der Waals surface area (Å²) in [5, 5.41) is 2.96. The number of carbonyl (C=O) groups excluding carboxylic acids is 2. The summed E-state index contributed by atoms with van der Waals surface area (Å²) in [5.74, 6) is 1.16. The average Bonchev–Trinajstić information content (AvgIpc) is 3.15. The van der Waals surface area contributed by atoms with Gasteiger partial charge >= 0.3 is 6.03 Å². The molecular weight excluding hydrogens is 372 g/mol. The van der Waals surface area contributed by atoms with Crippen LogP contribution in [0.4, 0.5) is 4.79 Å². The molecule has 2 atom stereocenters. The number of piperidine rings is 2. The topological polar surface area (TPSA) is 87.9 Å². The predicted molar refractivity (Wildman–Crippen MR) is 105 cm³/mol. The Kier molecular flexibility index (Phi) is 4.87. The Morgan fingerprint density at radius 1 is 1.14 bits per heavy atom. The van der Waals surface area contributed by atoms with Crippen LogP contribution in [0.15, 0.2) is 28.7 Å². The molecule has 2 unspecified atom stereocenters. The highest BCUT2D eigenvalue weighted by Gasteiger charge is 2.38. The number of aromatic nitrogens is 1. The summed E-state index contributed by atoms with van der Waals surface area (Å²) in [7, 11) is 0. The number of fused-ring (bicyclic) bond motifs is 2. The zero-order valence-corrected chi connectivity index (χ0v) is 16.4. The van der Waals surface area contributed by atoms with Crippen molar-refractivity contribution in [1.82, 2.24) is 20.1 Å². The number of morpholine rings is 1. The Hall–Kier alpha value is -2.61. The van der Waals surface area contributed by atoms with Gasteiger partial charge in [0, 0.05) is 32.6 Å². The van der Waals surface area contributed by atoms with Gasteiger partial charge in [0.2, 0.25) is 5.91 Å². The molecule has 3 saturated heterocycles. The number of nitrogens with zero attached hydrogens (tertiary/aromatic N) is 3. The summed E-state index contributed by atoms with van der Waals surface area (Å²) in [6.45, 7) is 2.83. The molecule has 8 nitrogen and oxygen atoms in total. The number of carbonyl (C=O) groups is 2. The summed E-state index contributed by atoms with van der Waals surface area (Å²) < 4.78 is 11.4. The van der Waals surface area contributed by atoms with Gasteiger partial charge < -0.3 is 24.3 Å². The fourth-order valence-electron chi connectivity index (χ4n) is 4.66. The number of rotatable bonds is 2. The molecule has 3 aliphatic heterocycles. The Labute approximate surface area is 169 Å². The monoisotopic (exact) mass is 398 g/mol. The number of amides is 3. The molecule has 0 spiro atoms. The summed E-state index contributed by atoms with van der Waals surface area (Å²) >= 11 is 0. The van der Waals surface area contributed by atoms with Crippen molar-refractivity contribution in [2.45, 2.75) is 37.8 Å². The van der Waals surface area contributed by atoms with Crippen LogP contribution in [0.3, 0.4) is 0 Å². The van der Waals surface area contributed by atoms with Crippen LogP contribution in [0.25, 0.3) is 11.1 Å². The van der Waals surface area contributed by atoms with E-state index >= 15 is 0 Å². The van der Waals surface area contributed by atoms with E-state index in [2.05, 4.69) is 10.3 Å². The van der Waals surface area contributed by atoms with Crippen molar-refractivity contribution in [2.75, 3.05) is 32.8 Å². The minimum Gasteiger partial charge on any atom is -0.441 e. The van der Waals surface area contributed by atoms with Crippen molar-refractivity contribution >= 4 is 23.0 Å². The van der Waals surface area contributed by atoms with E-state index < -0.39 is 0 Å². The third-order valence-electron chi connectivity index (χ3n) is 6.28. The van der Waals surface area contributed by atoms with Crippen molar-refractivity contribution in [3.63, 3.8) is 0 Å². The van der Waals surface area contributed by atoms with Gasteiger partial charge in [-0.05, 0) is 37.3 Å². The Morgan fingerprint density at radius 3 is 2.76 bits per heavy atom. The Bertz CT molecular complexity index is 872. The zero-order chi connectivity index (χ0) is 19.8. The van der Waals surface area contributed by atoms with Crippen molar-refractivity contribution in [3.8, 4) is 0 Å². The smallest absolute Gasteiger partial charge is 0.320 e. The van der Waals surface area contributed by atoms with Gasteiger partial charge in [0.15, 0.2) is 11.5 Å². The Balaban J connectivity index is 1.14. The maximum absolute atomic E-state index is 13.0. The van der Waals surface area contributed by atoms with Crippen LogP contribution >= 0.6 is 0 Å². The van der Waals surface area contributed by atoms with Crippen molar-refractivity contribution in [3.05, 3.63) is 30.2 Å². The van der Waals surface area contributed by atoms with Gasteiger partial charge in [-0.15, -0.1) is 0 Å². The van der Waals surface area contributed by atoms with Gasteiger partial charge in [-0.2, -0.15) is 0 Å². The molecule has 4 heterocycles. The van der Waals surface area contributed by atoms with Gasteiger partial charge in [-0.25, -0.2) is 9.78 Å². The fraction of sp³-hybridized carbons (Fsp3) is 0.571. The normalized spacial score (nSPS) is 25.7. The second kappa shape index (κ2) is 7.67. The number of oxazole rings is 1. The van der Waals surface area contributed by atoms with Crippen LogP contribution in [-0.2, 0) is 16.0 Å². The fourth-order valence-corrected chi connectivity index (χ4v) is 4.66. The highest BCUT2D eigenvalue weighted by Crippen LogP contribution is 2.25. The molecule has 3 fully saturated rings. The van der Waals surface area contributed by atoms with E-state index in [0.29, 0.717) is 19.0 Å². The van der Waals surface area contributed by atoms with E-state index in [1.165, 1.54) is 0 Å². The number of ether oxygens (including phenoxy) is 1. The van der Waals surface area contributed by atoms with E-state index in [0.717, 1.165) is 55.8 Å². The molecule has 0 bridgehead atoms. The van der Waals surface area contributed by atoms with Crippen LogP contribution in [0.5, 0.6) is 0 Å². The first kappa shape index (κ1) is 18.4.